The Morgan fingerprint density at radius 3 is 1.53 bits per heavy atom. The summed E-state index contributed by atoms with van der Waals surface area (Å²) in [6.07, 6.45) is 32.3. The van der Waals surface area contributed by atoms with Crippen molar-refractivity contribution in [3.63, 3.8) is 0 Å². The highest BCUT2D eigenvalue weighted by atomic mass is 16.5. The van der Waals surface area contributed by atoms with Crippen LogP contribution in [0.25, 0.3) is 0 Å². The molecule has 0 aliphatic heterocycles. The van der Waals surface area contributed by atoms with E-state index in [2.05, 4.69) is 13.8 Å². The summed E-state index contributed by atoms with van der Waals surface area (Å²) < 4.78 is 6.25. The maximum absolute atomic E-state index is 6.25. The van der Waals surface area contributed by atoms with Crippen molar-refractivity contribution in [2.75, 3.05) is 6.61 Å². The van der Waals surface area contributed by atoms with Crippen molar-refractivity contribution in [3.8, 4) is 0 Å². The van der Waals surface area contributed by atoms with Crippen LogP contribution in [-0.4, -0.2) is 12.7 Å². The molecule has 0 unspecified atom stereocenters. The zero-order valence-electron chi connectivity index (χ0n) is 21.0. The molecular weight excluding hydrogens is 364 g/mol. The number of hydrogen-bond donors (Lipinski definition) is 0. The monoisotopic (exact) mass is 420 g/mol. The van der Waals surface area contributed by atoms with E-state index in [9.17, 15) is 0 Å². The van der Waals surface area contributed by atoms with Gasteiger partial charge in [-0.2, -0.15) is 0 Å². The van der Waals surface area contributed by atoms with Crippen LogP contribution in [0.5, 0.6) is 0 Å². The van der Waals surface area contributed by atoms with Crippen LogP contribution >= 0.6 is 0 Å². The first-order valence-corrected chi connectivity index (χ1v) is 14.4. The zero-order chi connectivity index (χ0) is 21.3. The van der Waals surface area contributed by atoms with Crippen molar-refractivity contribution in [1.82, 2.24) is 0 Å². The fraction of sp³-hybridized carbons (Fsp3) is 1.00. The van der Waals surface area contributed by atoms with Crippen molar-refractivity contribution in [3.05, 3.63) is 0 Å². The lowest BCUT2D eigenvalue weighted by Gasteiger charge is -2.38. The van der Waals surface area contributed by atoms with Crippen LogP contribution in [0.4, 0.5) is 0 Å². The lowest BCUT2D eigenvalue weighted by Crippen LogP contribution is -2.28. The van der Waals surface area contributed by atoms with Crippen molar-refractivity contribution in [1.29, 1.82) is 0 Å². The van der Waals surface area contributed by atoms with Crippen LogP contribution in [0.15, 0.2) is 0 Å². The standard InChI is InChI=1S/C29H56O/c1-3-5-7-9-10-11-13-15-25-30-29-23-21-28(22-24-29)27-19-17-26(18-20-27)16-14-12-8-6-4-2/h26-29H,3-25H2,1-2H3. The van der Waals surface area contributed by atoms with Gasteiger partial charge in [0, 0.05) is 6.61 Å². The largest absolute Gasteiger partial charge is 0.378 e. The van der Waals surface area contributed by atoms with Gasteiger partial charge in [-0.3, -0.25) is 0 Å². The second-order valence-electron chi connectivity index (χ2n) is 10.9. The quantitative estimate of drug-likeness (QED) is 0.213. The second-order valence-corrected chi connectivity index (χ2v) is 10.9. The van der Waals surface area contributed by atoms with Crippen LogP contribution < -0.4 is 0 Å². The normalized spacial score (nSPS) is 27.4. The first-order valence-electron chi connectivity index (χ1n) is 14.4. The van der Waals surface area contributed by atoms with E-state index in [-0.39, 0.29) is 0 Å². The fourth-order valence-electron chi connectivity index (χ4n) is 6.20. The molecule has 2 aliphatic rings. The minimum absolute atomic E-state index is 0.588. The highest BCUT2D eigenvalue weighted by Crippen LogP contribution is 2.41. The summed E-state index contributed by atoms with van der Waals surface area (Å²) in [7, 11) is 0. The topological polar surface area (TPSA) is 9.23 Å². The van der Waals surface area contributed by atoms with Crippen molar-refractivity contribution >= 4 is 0 Å². The number of ether oxygens (including phenoxy) is 1. The first-order chi connectivity index (χ1) is 14.8. The molecule has 0 bridgehead atoms. The molecule has 2 fully saturated rings. The van der Waals surface area contributed by atoms with E-state index < -0.39 is 0 Å². The second kappa shape index (κ2) is 17.5. The lowest BCUT2D eigenvalue weighted by molar-refractivity contribution is 0.00526. The van der Waals surface area contributed by atoms with Gasteiger partial charge in [0.1, 0.15) is 0 Å². The molecular formula is C29H56O. The molecule has 0 radical (unpaired) electrons. The molecule has 2 aliphatic carbocycles. The van der Waals surface area contributed by atoms with Crippen LogP contribution in [0.1, 0.15) is 155 Å². The van der Waals surface area contributed by atoms with Crippen molar-refractivity contribution in [2.45, 2.75) is 161 Å². The van der Waals surface area contributed by atoms with Crippen LogP contribution in [0, 0.1) is 17.8 Å². The van der Waals surface area contributed by atoms with Crippen LogP contribution in [0.2, 0.25) is 0 Å². The highest BCUT2D eigenvalue weighted by Gasteiger charge is 2.30. The Kier molecular flexibility index (Phi) is 15.3. The molecule has 30 heavy (non-hydrogen) atoms. The molecule has 0 N–H and O–H groups in total. The van der Waals surface area contributed by atoms with Gasteiger partial charge in [-0.1, -0.05) is 110 Å². The third-order valence-electron chi connectivity index (χ3n) is 8.34. The first kappa shape index (κ1) is 26.2. The van der Waals surface area contributed by atoms with Crippen LogP contribution in [-0.2, 0) is 4.74 Å². The Morgan fingerprint density at radius 2 is 0.967 bits per heavy atom. The van der Waals surface area contributed by atoms with E-state index in [1.807, 2.05) is 0 Å². The predicted molar refractivity (Wildman–Crippen MR) is 133 cm³/mol. The molecule has 1 heteroatoms. The summed E-state index contributed by atoms with van der Waals surface area (Å²) in [6.45, 7) is 5.64. The zero-order valence-corrected chi connectivity index (χ0v) is 21.0. The number of hydrogen-bond acceptors (Lipinski definition) is 1. The maximum atomic E-state index is 6.25. The Morgan fingerprint density at radius 1 is 0.500 bits per heavy atom. The van der Waals surface area contributed by atoms with Gasteiger partial charge >= 0.3 is 0 Å². The predicted octanol–water partition coefficient (Wildman–Crippen LogP) is 9.87. The minimum Gasteiger partial charge on any atom is -0.378 e. The summed E-state index contributed by atoms with van der Waals surface area (Å²) >= 11 is 0. The summed E-state index contributed by atoms with van der Waals surface area (Å²) in [5.74, 6) is 3.14. The fourth-order valence-corrected chi connectivity index (χ4v) is 6.20. The molecule has 0 aromatic carbocycles. The van der Waals surface area contributed by atoms with E-state index >= 15 is 0 Å². The molecule has 0 spiro atoms. The molecule has 0 saturated heterocycles. The van der Waals surface area contributed by atoms with Crippen LogP contribution in [0.3, 0.4) is 0 Å². The van der Waals surface area contributed by atoms with Crippen molar-refractivity contribution < 1.29 is 4.74 Å². The highest BCUT2D eigenvalue weighted by molar-refractivity contribution is 4.82. The van der Waals surface area contributed by atoms with E-state index in [0.717, 1.165) is 24.4 Å². The number of unbranched alkanes of at least 4 members (excludes halogenated alkanes) is 11. The Balaban J connectivity index is 1.43. The van der Waals surface area contributed by atoms with Gasteiger partial charge in [-0.15, -0.1) is 0 Å². The van der Waals surface area contributed by atoms with Crippen molar-refractivity contribution in [2.24, 2.45) is 17.8 Å². The minimum atomic E-state index is 0.588. The smallest absolute Gasteiger partial charge is 0.0575 e. The molecule has 0 atom stereocenters. The molecule has 2 rings (SSSR count). The van der Waals surface area contributed by atoms with Gasteiger partial charge in [-0.25, -0.2) is 0 Å². The van der Waals surface area contributed by atoms with E-state index in [0.29, 0.717) is 6.10 Å². The average Bonchev–Trinajstić information content (AvgIpc) is 2.79. The molecule has 0 heterocycles. The molecule has 2 saturated carbocycles. The van der Waals surface area contributed by atoms with Gasteiger partial charge in [0.2, 0.25) is 0 Å². The molecule has 0 aromatic heterocycles. The van der Waals surface area contributed by atoms with Gasteiger partial charge in [0.25, 0.3) is 0 Å². The third-order valence-corrected chi connectivity index (χ3v) is 8.34. The Labute approximate surface area is 190 Å². The van der Waals surface area contributed by atoms with Gasteiger partial charge in [-0.05, 0) is 62.7 Å². The van der Waals surface area contributed by atoms with E-state index in [1.54, 1.807) is 0 Å². The summed E-state index contributed by atoms with van der Waals surface area (Å²) in [6, 6.07) is 0. The Bertz CT molecular complexity index is 363. The molecule has 178 valence electrons. The number of rotatable bonds is 17. The van der Waals surface area contributed by atoms with E-state index in [1.165, 1.54) is 141 Å². The van der Waals surface area contributed by atoms with Gasteiger partial charge < -0.3 is 4.74 Å². The van der Waals surface area contributed by atoms with Gasteiger partial charge in [0.15, 0.2) is 0 Å². The summed E-state index contributed by atoms with van der Waals surface area (Å²) in [4.78, 5) is 0. The average molecular weight is 421 g/mol. The molecule has 0 amide bonds. The molecule has 1 nitrogen and oxygen atoms in total. The summed E-state index contributed by atoms with van der Waals surface area (Å²) in [5, 5.41) is 0. The maximum Gasteiger partial charge on any atom is 0.0575 e. The SMILES string of the molecule is CCCCCCCCCCOC1CCC(C2CCC(CCCCCCC)CC2)CC1. The molecule has 0 aromatic rings. The van der Waals surface area contributed by atoms with Gasteiger partial charge in [0.05, 0.1) is 6.10 Å². The van der Waals surface area contributed by atoms with E-state index in [4.69, 9.17) is 4.74 Å². The Hall–Kier alpha value is -0.0400. The summed E-state index contributed by atoms with van der Waals surface area (Å²) in [5.41, 5.74) is 0. The lowest BCUT2D eigenvalue weighted by atomic mass is 9.70. The third kappa shape index (κ3) is 11.5.